The fraction of sp³-hybridized carbons (Fsp3) is 0.900. The smallest absolute Gasteiger partial charge is 0.241 e. The highest BCUT2D eigenvalue weighted by atomic mass is 16.5. The molecule has 3 rings (SSSR count). The lowest BCUT2D eigenvalue weighted by Crippen LogP contribution is -2.66. The topological polar surface area (TPSA) is 55.6 Å². The monoisotopic (exact) mass is 196 g/mol. The molecule has 3 aliphatic rings. The van der Waals surface area contributed by atoms with Gasteiger partial charge in [-0.2, -0.15) is 0 Å². The van der Waals surface area contributed by atoms with Gasteiger partial charge >= 0.3 is 0 Å². The van der Waals surface area contributed by atoms with Gasteiger partial charge in [0.15, 0.2) is 0 Å². The van der Waals surface area contributed by atoms with E-state index in [0.29, 0.717) is 18.2 Å². The molecule has 0 spiro atoms. The molecule has 3 saturated heterocycles. The third kappa shape index (κ3) is 1.10. The minimum Gasteiger partial charge on any atom is -0.373 e. The zero-order valence-electron chi connectivity index (χ0n) is 8.19. The van der Waals surface area contributed by atoms with Gasteiger partial charge in [-0.15, -0.1) is 0 Å². The maximum Gasteiger partial charge on any atom is 0.241 e. The van der Waals surface area contributed by atoms with Crippen LogP contribution < -0.4 is 5.73 Å². The molecule has 0 aromatic heterocycles. The van der Waals surface area contributed by atoms with Gasteiger partial charge in [0.1, 0.15) is 6.04 Å². The molecule has 0 aromatic carbocycles. The molecule has 0 saturated carbocycles. The zero-order chi connectivity index (χ0) is 9.71. The van der Waals surface area contributed by atoms with Crippen molar-refractivity contribution in [3.05, 3.63) is 0 Å². The number of nitrogens with two attached hydrogens (primary N) is 1. The molecule has 3 fully saturated rings. The lowest BCUT2D eigenvalue weighted by Gasteiger charge is -2.45. The van der Waals surface area contributed by atoms with Crippen LogP contribution in [-0.2, 0) is 9.53 Å². The number of nitrogens with zero attached hydrogens (tertiary/aromatic N) is 1. The first-order valence-electron chi connectivity index (χ1n) is 5.47. The maximum absolute atomic E-state index is 11.5. The van der Waals surface area contributed by atoms with Crippen LogP contribution in [0.2, 0.25) is 0 Å². The predicted octanol–water partition coefficient (Wildman–Crippen LogP) is -0.134. The van der Waals surface area contributed by atoms with E-state index in [2.05, 4.69) is 0 Å². The van der Waals surface area contributed by atoms with E-state index < -0.39 is 0 Å². The van der Waals surface area contributed by atoms with Gasteiger partial charge in [-0.1, -0.05) is 0 Å². The van der Waals surface area contributed by atoms with Crippen LogP contribution in [-0.4, -0.2) is 41.6 Å². The summed E-state index contributed by atoms with van der Waals surface area (Å²) in [5, 5.41) is 0. The van der Waals surface area contributed by atoms with Gasteiger partial charge in [-0.05, 0) is 25.7 Å². The summed E-state index contributed by atoms with van der Waals surface area (Å²) < 4.78 is 5.82. The second-order valence-electron chi connectivity index (χ2n) is 4.62. The Morgan fingerprint density at radius 3 is 2.79 bits per heavy atom. The van der Waals surface area contributed by atoms with Crippen LogP contribution in [0.1, 0.15) is 25.7 Å². The molecular formula is C10H16N2O2. The first-order chi connectivity index (χ1) is 6.75. The molecule has 3 heterocycles. The fourth-order valence-electron chi connectivity index (χ4n) is 2.91. The molecule has 0 aromatic rings. The van der Waals surface area contributed by atoms with Crippen molar-refractivity contribution in [2.75, 3.05) is 6.54 Å². The SMILES string of the molecule is NC1CN(C2CCC3CCC2O3)C1=O. The number of carbonyl (C=O) groups excluding carboxylic acids is 1. The molecule has 0 radical (unpaired) electrons. The van der Waals surface area contributed by atoms with E-state index >= 15 is 0 Å². The quantitative estimate of drug-likeness (QED) is 0.594. The van der Waals surface area contributed by atoms with Crippen LogP contribution >= 0.6 is 0 Å². The van der Waals surface area contributed by atoms with Gasteiger partial charge in [-0.3, -0.25) is 4.79 Å². The highest BCUT2D eigenvalue weighted by Crippen LogP contribution is 2.36. The number of β-lactam (4-membered cyclic amide) rings is 1. The van der Waals surface area contributed by atoms with Crippen molar-refractivity contribution in [3.8, 4) is 0 Å². The van der Waals surface area contributed by atoms with Gasteiger partial charge in [0.05, 0.1) is 18.2 Å². The Hall–Kier alpha value is -0.610. The molecule has 4 unspecified atom stereocenters. The summed E-state index contributed by atoms with van der Waals surface area (Å²) in [5.74, 6) is 0.115. The number of fused-ring (bicyclic) bond motifs is 2. The lowest BCUT2D eigenvalue weighted by molar-refractivity contribution is -0.154. The van der Waals surface area contributed by atoms with Crippen LogP contribution in [0.4, 0.5) is 0 Å². The summed E-state index contributed by atoms with van der Waals surface area (Å²) in [5.41, 5.74) is 5.58. The van der Waals surface area contributed by atoms with Gasteiger partial charge in [0, 0.05) is 6.54 Å². The van der Waals surface area contributed by atoms with E-state index in [1.807, 2.05) is 4.90 Å². The van der Waals surface area contributed by atoms with Gasteiger partial charge in [0.2, 0.25) is 5.91 Å². The number of ether oxygens (including phenoxy) is 1. The summed E-state index contributed by atoms with van der Waals surface area (Å²) in [4.78, 5) is 13.4. The third-order valence-corrected chi connectivity index (χ3v) is 3.75. The van der Waals surface area contributed by atoms with Crippen LogP contribution in [0.3, 0.4) is 0 Å². The molecule has 0 aliphatic carbocycles. The standard InChI is InChI=1S/C10H16N2O2/c11-7-5-12(10(7)13)8-3-1-6-2-4-9(8)14-6/h6-9H,1-5,11H2. The summed E-state index contributed by atoms with van der Waals surface area (Å²) >= 11 is 0. The Balaban J connectivity index is 1.70. The molecule has 2 N–H and O–H groups in total. The number of amides is 1. The second kappa shape index (κ2) is 2.94. The molecule has 4 nitrogen and oxygen atoms in total. The van der Waals surface area contributed by atoms with Gasteiger partial charge in [0.25, 0.3) is 0 Å². The summed E-state index contributed by atoms with van der Waals surface area (Å²) in [7, 11) is 0. The molecule has 1 amide bonds. The summed E-state index contributed by atoms with van der Waals surface area (Å²) in [6.07, 6.45) is 5.28. The minimum absolute atomic E-state index is 0.115. The van der Waals surface area contributed by atoms with Crippen molar-refractivity contribution in [3.63, 3.8) is 0 Å². The Morgan fingerprint density at radius 2 is 2.07 bits per heavy atom. The molecule has 2 bridgehead atoms. The van der Waals surface area contributed by atoms with E-state index in [1.54, 1.807) is 0 Å². The first-order valence-corrected chi connectivity index (χ1v) is 5.47. The maximum atomic E-state index is 11.5. The van der Waals surface area contributed by atoms with Gasteiger partial charge < -0.3 is 15.4 Å². The Morgan fingerprint density at radius 1 is 1.29 bits per heavy atom. The fourth-order valence-corrected chi connectivity index (χ4v) is 2.91. The van der Waals surface area contributed by atoms with Crippen LogP contribution in [0, 0.1) is 0 Å². The minimum atomic E-state index is -0.242. The molecule has 3 aliphatic heterocycles. The van der Waals surface area contributed by atoms with E-state index in [-0.39, 0.29) is 11.9 Å². The lowest BCUT2D eigenvalue weighted by atomic mass is 9.96. The number of rotatable bonds is 1. The molecule has 78 valence electrons. The summed E-state index contributed by atoms with van der Waals surface area (Å²) in [6, 6.07) is 0.0789. The molecule has 4 atom stereocenters. The van der Waals surface area contributed by atoms with E-state index in [9.17, 15) is 4.79 Å². The first kappa shape index (κ1) is 8.68. The van der Waals surface area contributed by atoms with E-state index in [1.165, 1.54) is 6.42 Å². The highest BCUT2D eigenvalue weighted by Gasteiger charge is 2.46. The van der Waals surface area contributed by atoms with Crippen molar-refractivity contribution in [1.29, 1.82) is 0 Å². The van der Waals surface area contributed by atoms with Crippen LogP contribution in [0.5, 0.6) is 0 Å². The zero-order valence-corrected chi connectivity index (χ0v) is 8.19. The molecule has 14 heavy (non-hydrogen) atoms. The highest BCUT2D eigenvalue weighted by molar-refractivity contribution is 5.88. The third-order valence-electron chi connectivity index (χ3n) is 3.75. The number of hydrogen-bond donors (Lipinski definition) is 1. The Kier molecular flexibility index (Phi) is 1.82. The van der Waals surface area contributed by atoms with Gasteiger partial charge in [-0.25, -0.2) is 0 Å². The predicted molar refractivity (Wildman–Crippen MR) is 50.6 cm³/mol. The van der Waals surface area contributed by atoms with Crippen molar-refractivity contribution in [2.24, 2.45) is 5.73 Å². The molecule has 4 heteroatoms. The largest absolute Gasteiger partial charge is 0.373 e. The van der Waals surface area contributed by atoms with Crippen LogP contribution in [0.15, 0.2) is 0 Å². The average Bonchev–Trinajstić information content (AvgIpc) is 2.59. The van der Waals surface area contributed by atoms with Crippen molar-refractivity contribution < 1.29 is 9.53 Å². The number of hydrogen-bond acceptors (Lipinski definition) is 3. The Bertz CT molecular complexity index is 269. The van der Waals surface area contributed by atoms with E-state index in [4.69, 9.17) is 10.5 Å². The number of carbonyl (C=O) groups is 1. The summed E-state index contributed by atoms with van der Waals surface area (Å²) in [6.45, 7) is 0.730. The average molecular weight is 196 g/mol. The van der Waals surface area contributed by atoms with Crippen LogP contribution in [0.25, 0.3) is 0 Å². The second-order valence-corrected chi connectivity index (χ2v) is 4.62. The normalized spacial score (nSPS) is 46.6. The van der Waals surface area contributed by atoms with E-state index in [0.717, 1.165) is 25.8 Å². The molecular weight excluding hydrogens is 180 g/mol. The Labute approximate surface area is 83.4 Å². The van der Waals surface area contributed by atoms with Crippen molar-refractivity contribution in [2.45, 2.75) is 50.0 Å². The number of likely N-dealkylation sites (tertiary alicyclic amines) is 1. The van der Waals surface area contributed by atoms with Crippen molar-refractivity contribution in [1.82, 2.24) is 4.90 Å². The van der Waals surface area contributed by atoms with Crippen molar-refractivity contribution >= 4 is 5.91 Å².